The molecule has 3 rings (SSSR count). The molecule has 0 radical (unpaired) electrons. The number of hydrogen-bond donors (Lipinski definition) is 1. The van der Waals surface area contributed by atoms with Crippen LogP contribution in [0.5, 0.6) is 0 Å². The van der Waals surface area contributed by atoms with Crippen molar-refractivity contribution in [3.8, 4) is 5.69 Å². The molecule has 0 bridgehead atoms. The molecule has 1 aromatic carbocycles. The molecule has 0 amide bonds. The van der Waals surface area contributed by atoms with E-state index in [1.54, 1.807) is 6.33 Å². The van der Waals surface area contributed by atoms with Gasteiger partial charge in [0.2, 0.25) is 0 Å². The molecule has 1 unspecified atom stereocenters. The monoisotopic (exact) mass is 242 g/mol. The number of aromatic nitrogens is 3. The molecule has 1 fully saturated rings. The molecule has 4 heteroatoms. The average Bonchev–Trinajstić information content (AvgIpc) is 3.09. The molecule has 1 aliphatic rings. The van der Waals surface area contributed by atoms with Gasteiger partial charge in [-0.05, 0) is 37.9 Å². The number of para-hydroxylation sites is 1. The minimum absolute atomic E-state index is 0.658. The van der Waals surface area contributed by atoms with Gasteiger partial charge in [0.25, 0.3) is 0 Å². The van der Waals surface area contributed by atoms with Gasteiger partial charge < -0.3 is 5.32 Å². The van der Waals surface area contributed by atoms with Crippen molar-refractivity contribution >= 4 is 0 Å². The maximum absolute atomic E-state index is 4.24. The zero-order valence-electron chi connectivity index (χ0n) is 10.4. The van der Waals surface area contributed by atoms with Gasteiger partial charge in [0.1, 0.15) is 12.2 Å². The van der Waals surface area contributed by atoms with Gasteiger partial charge in [-0.2, -0.15) is 0 Å². The summed E-state index contributed by atoms with van der Waals surface area (Å²) in [6.07, 6.45) is 6.51. The Morgan fingerprint density at radius 2 is 2.17 bits per heavy atom. The van der Waals surface area contributed by atoms with Gasteiger partial charge in [0, 0.05) is 18.2 Å². The van der Waals surface area contributed by atoms with Crippen molar-refractivity contribution in [2.24, 2.45) is 0 Å². The first-order chi connectivity index (χ1) is 8.93. The van der Waals surface area contributed by atoms with Crippen LogP contribution >= 0.6 is 0 Å². The minimum atomic E-state index is 0.658. The third-order valence-electron chi connectivity index (χ3n) is 3.53. The van der Waals surface area contributed by atoms with Crippen LogP contribution in [-0.2, 0) is 6.42 Å². The van der Waals surface area contributed by atoms with Crippen LogP contribution in [0, 0.1) is 0 Å². The van der Waals surface area contributed by atoms with Gasteiger partial charge in [0.15, 0.2) is 0 Å². The van der Waals surface area contributed by atoms with E-state index >= 15 is 0 Å². The highest BCUT2D eigenvalue weighted by atomic mass is 15.3. The number of nitrogens with zero attached hydrogens (tertiary/aromatic N) is 3. The van der Waals surface area contributed by atoms with E-state index in [2.05, 4.69) is 32.2 Å². The second kappa shape index (κ2) is 5.31. The molecule has 1 N–H and O–H groups in total. The minimum Gasteiger partial charge on any atom is -0.314 e. The van der Waals surface area contributed by atoms with E-state index in [1.165, 1.54) is 12.8 Å². The summed E-state index contributed by atoms with van der Waals surface area (Å²) in [5.41, 5.74) is 1.14. The zero-order valence-corrected chi connectivity index (χ0v) is 10.4. The molecule has 0 aliphatic carbocycles. The Morgan fingerprint density at radius 1 is 1.28 bits per heavy atom. The highest BCUT2D eigenvalue weighted by molar-refractivity contribution is 5.31. The second-order valence-electron chi connectivity index (χ2n) is 4.78. The summed E-state index contributed by atoms with van der Waals surface area (Å²) in [6, 6.07) is 10.9. The molecule has 94 valence electrons. The number of nitrogens with one attached hydrogen (secondary N) is 1. The highest BCUT2D eigenvalue weighted by Gasteiger charge is 2.15. The summed E-state index contributed by atoms with van der Waals surface area (Å²) in [5, 5.41) is 11.8. The number of rotatable bonds is 4. The van der Waals surface area contributed by atoms with Crippen LogP contribution in [0.15, 0.2) is 36.7 Å². The Morgan fingerprint density at radius 3 is 2.94 bits per heavy atom. The van der Waals surface area contributed by atoms with Crippen LogP contribution in [0.3, 0.4) is 0 Å². The standard InChI is InChI=1S/C14H18N4/c1-2-6-13(7-3-1)18-11-16-17-14(18)9-8-12-5-4-10-15-12/h1-3,6-7,11-12,15H,4-5,8-10H2. The SMILES string of the molecule is c1ccc(-n2cnnc2CCC2CCCN2)cc1. The van der Waals surface area contributed by atoms with Gasteiger partial charge in [-0.3, -0.25) is 4.57 Å². The van der Waals surface area contributed by atoms with E-state index in [9.17, 15) is 0 Å². The van der Waals surface area contributed by atoms with Crippen molar-refractivity contribution in [2.75, 3.05) is 6.54 Å². The Bertz CT molecular complexity index is 486. The lowest BCUT2D eigenvalue weighted by molar-refractivity contribution is 0.548. The van der Waals surface area contributed by atoms with Gasteiger partial charge in [-0.15, -0.1) is 10.2 Å². The first-order valence-corrected chi connectivity index (χ1v) is 6.61. The third-order valence-corrected chi connectivity index (χ3v) is 3.53. The Balaban J connectivity index is 1.71. The smallest absolute Gasteiger partial charge is 0.137 e. The topological polar surface area (TPSA) is 42.7 Å². The van der Waals surface area contributed by atoms with E-state index in [0.29, 0.717) is 6.04 Å². The molecular weight excluding hydrogens is 224 g/mol. The fraction of sp³-hybridized carbons (Fsp3) is 0.429. The van der Waals surface area contributed by atoms with Gasteiger partial charge in [-0.25, -0.2) is 0 Å². The Labute approximate surface area is 107 Å². The highest BCUT2D eigenvalue weighted by Crippen LogP contribution is 2.14. The lowest BCUT2D eigenvalue weighted by Gasteiger charge is -2.10. The van der Waals surface area contributed by atoms with E-state index in [-0.39, 0.29) is 0 Å². The molecule has 0 spiro atoms. The van der Waals surface area contributed by atoms with Crippen LogP contribution in [-0.4, -0.2) is 27.4 Å². The molecule has 4 nitrogen and oxygen atoms in total. The number of hydrogen-bond acceptors (Lipinski definition) is 3. The molecule has 2 heterocycles. The molecule has 2 aromatic rings. The predicted octanol–water partition coefficient (Wildman–Crippen LogP) is 1.95. The molecule has 1 aliphatic heterocycles. The summed E-state index contributed by atoms with van der Waals surface area (Å²) in [5.74, 6) is 1.05. The Kier molecular flexibility index (Phi) is 3.37. The van der Waals surface area contributed by atoms with Crippen molar-refractivity contribution in [3.63, 3.8) is 0 Å². The summed E-state index contributed by atoms with van der Waals surface area (Å²) in [7, 11) is 0. The van der Waals surface area contributed by atoms with Crippen molar-refractivity contribution < 1.29 is 0 Å². The second-order valence-corrected chi connectivity index (χ2v) is 4.78. The number of aryl methyl sites for hydroxylation is 1. The first kappa shape index (κ1) is 11.4. The van der Waals surface area contributed by atoms with Gasteiger partial charge >= 0.3 is 0 Å². The van der Waals surface area contributed by atoms with Crippen LogP contribution in [0.2, 0.25) is 0 Å². The summed E-state index contributed by atoms with van der Waals surface area (Å²) in [6.45, 7) is 1.16. The lowest BCUT2D eigenvalue weighted by atomic mass is 10.1. The number of benzene rings is 1. The molecule has 1 atom stereocenters. The maximum Gasteiger partial charge on any atom is 0.137 e. The average molecular weight is 242 g/mol. The molecule has 1 saturated heterocycles. The lowest BCUT2D eigenvalue weighted by Crippen LogP contribution is -2.22. The van der Waals surface area contributed by atoms with E-state index < -0.39 is 0 Å². The first-order valence-electron chi connectivity index (χ1n) is 6.61. The summed E-state index contributed by atoms with van der Waals surface area (Å²) >= 11 is 0. The third kappa shape index (κ3) is 2.43. The fourth-order valence-electron chi connectivity index (χ4n) is 2.54. The quantitative estimate of drug-likeness (QED) is 0.891. The Hall–Kier alpha value is -1.68. The maximum atomic E-state index is 4.24. The van der Waals surface area contributed by atoms with E-state index in [0.717, 1.165) is 30.9 Å². The van der Waals surface area contributed by atoms with Crippen LogP contribution in [0.4, 0.5) is 0 Å². The van der Waals surface area contributed by atoms with Crippen LogP contribution < -0.4 is 5.32 Å². The molecular formula is C14H18N4. The molecule has 18 heavy (non-hydrogen) atoms. The van der Waals surface area contributed by atoms with Crippen molar-refractivity contribution in [2.45, 2.75) is 31.7 Å². The normalized spacial score (nSPS) is 19.2. The largest absolute Gasteiger partial charge is 0.314 e. The fourth-order valence-corrected chi connectivity index (χ4v) is 2.54. The summed E-state index contributed by atoms with van der Waals surface area (Å²) < 4.78 is 2.08. The van der Waals surface area contributed by atoms with Crippen molar-refractivity contribution in [1.82, 2.24) is 20.1 Å². The van der Waals surface area contributed by atoms with E-state index in [4.69, 9.17) is 0 Å². The van der Waals surface area contributed by atoms with Crippen LogP contribution in [0.1, 0.15) is 25.1 Å². The zero-order chi connectivity index (χ0) is 12.2. The van der Waals surface area contributed by atoms with E-state index in [1.807, 2.05) is 18.2 Å². The van der Waals surface area contributed by atoms with Gasteiger partial charge in [-0.1, -0.05) is 18.2 Å². The molecule has 1 aromatic heterocycles. The molecule has 0 saturated carbocycles. The van der Waals surface area contributed by atoms with Crippen LogP contribution in [0.25, 0.3) is 5.69 Å². The summed E-state index contributed by atoms with van der Waals surface area (Å²) in [4.78, 5) is 0. The van der Waals surface area contributed by atoms with Gasteiger partial charge in [0.05, 0.1) is 0 Å². The van der Waals surface area contributed by atoms with Crippen molar-refractivity contribution in [3.05, 3.63) is 42.5 Å². The predicted molar refractivity (Wildman–Crippen MR) is 70.7 cm³/mol. The van der Waals surface area contributed by atoms with Crippen molar-refractivity contribution in [1.29, 1.82) is 0 Å².